The second-order valence-electron chi connectivity index (χ2n) is 2.72. The summed E-state index contributed by atoms with van der Waals surface area (Å²) in [4.78, 5) is 12.8. The Hall–Kier alpha value is -1.11. The van der Waals surface area contributed by atoms with Crippen LogP contribution in [0.5, 0.6) is 0 Å². The Bertz CT molecular complexity index is 240. The van der Waals surface area contributed by atoms with Crippen molar-refractivity contribution in [3.05, 3.63) is 12.1 Å². The molecule has 0 aliphatic carbocycles. The normalized spacial score (nSPS) is 29.2. The van der Waals surface area contributed by atoms with Crippen LogP contribution in [0.1, 0.15) is 0 Å². The van der Waals surface area contributed by atoms with Crippen molar-refractivity contribution in [3.8, 4) is 0 Å². The number of nitrogens with two attached hydrogens (primary N) is 1. The fourth-order valence-corrected chi connectivity index (χ4v) is 1.05. The molecule has 1 aliphatic rings. The molecule has 68 valence electrons. The summed E-state index contributed by atoms with van der Waals surface area (Å²) in [7, 11) is 4.76. The number of ether oxygens (including phenoxy) is 1. The molecule has 12 heavy (non-hydrogen) atoms. The minimum Gasteiger partial charge on any atom is -0.478 e. The van der Waals surface area contributed by atoms with E-state index in [4.69, 9.17) is 10.6 Å². The number of quaternary nitrogens is 1. The number of nitrogens with zero attached hydrogens (tertiary/aromatic N) is 2. The fourth-order valence-electron chi connectivity index (χ4n) is 1.05. The molecule has 0 spiro atoms. The highest BCUT2D eigenvalue weighted by molar-refractivity contribution is 5.71. The molecule has 0 aromatic heterocycles. The Morgan fingerprint density at radius 3 is 2.58 bits per heavy atom. The zero-order valence-electron chi connectivity index (χ0n) is 7.37. The lowest BCUT2D eigenvalue weighted by molar-refractivity contribution is -0.825. The quantitative estimate of drug-likeness (QED) is 0.330. The first-order chi connectivity index (χ1) is 5.55. The second-order valence-corrected chi connectivity index (χ2v) is 2.72. The third-order valence-corrected chi connectivity index (χ3v) is 1.86. The van der Waals surface area contributed by atoms with Gasteiger partial charge >= 0.3 is 6.03 Å². The predicted molar refractivity (Wildman–Crippen MR) is 41.8 cm³/mol. The molecule has 0 aromatic rings. The van der Waals surface area contributed by atoms with Crippen molar-refractivity contribution in [1.29, 1.82) is 0 Å². The van der Waals surface area contributed by atoms with Gasteiger partial charge in [0.25, 0.3) is 5.88 Å². The van der Waals surface area contributed by atoms with Crippen LogP contribution in [-0.2, 0) is 4.74 Å². The molecule has 0 saturated carbocycles. The van der Waals surface area contributed by atoms with Gasteiger partial charge in [0.1, 0.15) is 7.05 Å². The van der Waals surface area contributed by atoms with E-state index in [1.807, 2.05) is 0 Å². The molecule has 0 saturated heterocycles. The van der Waals surface area contributed by atoms with E-state index in [1.165, 1.54) is 12.0 Å². The van der Waals surface area contributed by atoms with E-state index in [9.17, 15) is 4.79 Å². The lowest BCUT2D eigenvalue weighted by Crippen LogP contribution is -2.58. The summed E-state index contributed by atoms with van der Waals surface area (Å²) in [5.74, 6) is 5.70. The van der Waals surface area contributed by atoms with Crippen LogP contribution in [-0.4, -0.2) is 36.7 Å². The molecule has 6 nitrogen and oxygen atoms in total. The largest absolute Gasteiger partial charge is 0.478 e. The van der Waals surface area contributed by atoms with Crippen molar-refractivity contribution >= 4 is 6.03 Å². The summed E-state index contributed by atoms with van der Waals surface area (Å²) < 4.78 is 4.77. The molecule has 1 unspecified atom stereocenters. The van der Waals surface area contributed by atoms with Gasteiger partial charge in [0.2, 0.25) is 0 Å². The Labute approximate surface area is 70.7 Å². The van der Waals surface area contributed by atoms with Crippen LogP contribution in [0.3, 0.4) is 0 Å². The first kappa shape index (κ1) is 8.98. The van der Waals surface area contributed by atoms with Crippen LogP contribution in [0.15, 0.2) is 12.1 Å². The van der Waals surface area contributed by atoms with Crippen molar-refractivity contribution in [2.45, 2.75) is 0 Å². The van der Waals surface area contributed by atoms with Gasteiger partial charge in [0.05, 0.1) is 7.11 Å². The Balaban J connectivity index is 2.96. The van der Waals surface area contributed by atoms with Gasteiger partial charge in [-0.05, 0) is 0 Å². The fraction of sp³-hybridized carbons (Fsp3) is 0.500. The third-order valence-electron chi connectivity index (χ3n) is 1.86. The molecule has 1 aliphatic heterocycles. The summed E-state index contributed by atoms with van der Waals surface area (Å²) in [5, 5.41) is 0. The minimum atomic E-state index is -0.186. The molecule has 0 radical (unpaired) electrons. The molecule has 1 heterocycles. The zero-order chi connectivity index (χ0) is 9.35. The van der Waals surface area contributed by atoms with Gasteiger partial charge in [0.15, 0.2) is 6.20 Å². The van der Waals surface area contributed by atoms with E-state index in [0.29, 0.717) is 5.88 Å². The van der Waals surface area contributed by atoms with E-state index in [-0.39, 0.29) is 10.6 Å². The van der Waals surface area contributed by atoms with Crippen LogP contribution in [0.25, 0.3) is 0 Å². The Kier molecular flexibility index (Phi) is 2.05. The van der Waals surface area contributed by atoms with Crippen LogP contribution in [0.2, 0.25) is 0 Å². The van der Waals surface area contributed by atoms with Crippen LogP contribution >= 0.6 is 0 Å². The minimum absolute atomic E-state index is 0.181. The van der Waals surface area contributed by atoms with Gasteiger partial charge in [0, 0.05) is 7.05 Å². The maximum absolute atomic E-state index is 11.5. The lowest BCUT2D eigenvalue weighted by Gasteiger charge is -2.19. The molecule has 1 atom stereocenters. The smallest absolute Gasteiger partial charge is 0.451 e. The molecule has 6 heteroatoms. The van der Waals surface area contributed by atoms with Gasteiger partial charge in [-0.3, -0.25) is 0 Å². The van der Waals surface area contributed by atoms with Gasteiger partial charge < -0.3 is 4.74 Å². The lowest BCUT2D eigenvalue weighted by atomic mass is 10.7. The number of urea groups is 1. The molecule has 0 aromatic carbocycles. The van der Waals surface area contributed by atoms with Crippen molar-refractivity contribution in [1.82, 2.24) is 10.4 Å². The Morgan fingerprint density at radius 2 is 2.33 bits per heavy atom. The molecular weight excluding hydrogens is 160 g/mol. The first-order valence-electron chi connectivity index (χ1n) is 3.44. The second kappa shape index (κ2) is 2.74. The highest BCUT2D eigenvalue weighted by atomic mass is 16.5. The predicted octanol–water partition coefficient (Wildman–Crippen LogP) is -0.678. The number of methoxy groups -OCH3 is 1. The first-order valence-corrected chi connectivity index (χ1v) is 3.44. The van der Waals surface area contributed by atoms with Crippen LogP contribution in [0, 0.1) is 0 Å². The number of hydrazine groups is 1. The van der Waals surface area contributed by atoms with Gasteiger partial charge in [-0.15, -0.1) is 4.59 Å². The van der Waals surface area contributed by atoms with Crippen molar-refractivity contribution in [2.24, 2.45) is 5.84 Å². The number of hydrogen-bond acceptors (Lipinski definition) is 4. The number of hydrogen-bond donors (Lipinski definition) is 2. The number of rotatable bonds is 2. The number of nitrogens with one attached hydrogen (secondary N) is 1. The van der Waals surface area contributed by atoms with Crippen molar-refractivity contribution in [2.75, 3.05) is 21.2 Å². The molecule has 0 bridgehead atoms. The molecule has 1 rings (SSSR count). The third kappa shape index (κ3) is 1.06. The maximum atomic E-state index is 11.5. The maximum Gasteiger partial charge on any atom is 0.451 e. The van der Waals surface area contributed by atoms with Crippen LogP contribution < -0.4 is 11.4 Å². The van der Waals surface area contributed by atoms with Crippen molar-refractivity contribution in [3.63, 3.8) is 0 Å². The van der Waals surface area contributed by atoms with Gasteiger partial charge in [-0.25, -0.2) is 15.5 Å². The summed E-state index contributed by atoms with van der Waals surface area (Å²) in [5.41, 5.74) is 2.37. The average Bonchev–Trinajstić information content (AvgIpc) is 2.31. The molecule has 3 N–H and O–H groups in total. The zero-order valence-corrected chi connectivity index (χ0v) is 7.37. The van der Waals surface area contributed by atoms with E-state index >= 15 is 0 Å². The van der Waals surface area contributed by atoms with E-state index in [1.54, 1.807) is 20.3 Å². The van der Waals surface area contributed by atoms with Crippen LogP contribution in [0.4, 0.5) is 4.79 Å². The monoisotopic (exact) mass is 173 g/mol. The molecular formula is C6H13N4O2+. The average molecular weight is 173 g/mol. The standard InChI is InChI=1S/C6H13N4O2/c1-9-5(12-3)4-10(2,8-7)6(9)11/h4,8H,7H2,1-3H3/q+1. The summed E-state index contributed by atoms with van der Waals surface area (Å²) in [6.45, 7) is 0. The van der Waals surface area contributed by atoms with E-state index < -0.39 is 0 Å². The van der Waals surface area contributed by atoms with Gasteiger partial charge in [-0.1, -0.05) is 5.53 Å². The van der Waals surface area contributed by atoms with Crippen molar-refractivity contribution < 1.29 is 14.1 Å². The van der Waals surface area contributed by atoms with Gasteiger partial charge in [-0.2, -0.15) is 0 Å². The summed E-state index contributed by atoms with van der Waals surface area (Å²) in [6, 6.07) is -0.186. The van der Waals surface area contributed by atoms with E-state index in [0.717, 1.165) is 0 Å². The molecule has 0 fully saturated rings. The SMILES string of the molecule is COC1=C[N+](C)(NN)C(=O)N1C. The number of amides is 2. The number of carbonyl (C=O) groups excluding carboxylic acids is 1. The Morgan fingerprint density at radius 1 is 1.75 bits per heavy atom. The summed E-state index contributed by atoms with van der Waals surface area (Å²) >= 11 is 0. The highest BCUT2D eigenvalue weighted by Crippen LogP contribution is 2.19. The number of carbonyl (C=O) groups is 1. The topological polar surface area (TPSA) is 67.6 Å². The van der Waals surface area contributed by atoms with E-state index in [2.05, 4.69) is 5.53 Å². The summed E-state index contributed by atoms with van der Waals surface area (Å²) in [6.07, 6.45) is 1.59. The molecule has 2 amide bonds. The highest BCUT2D eigenvalue weighted by Gasteiger charge is 2.43.